The number of methoxy groups -OCH3 is 1. The van der Waals surface area contributed by atoms with Crippen LogP contribution < -0.4 is 4.90 Å². The average Bonchev–Trinajstić information content (AvgIpc) is 3.11. The summed E-state index contributed by atoms with van der Waals surface area (Å²) in [5.74, 6) is -2.55. The Morgan fingerprint density at radius 1 is 1.07 bits per heavy atom. The van der Waals surface area contributed by atoms with E-state index in [0.29, 0.717) is 16.8 Å². The van der Waals surface area contributed by atoms with Crippen molar-refractivity contribution < 1.29 is 24.2 Å². The molecule has 0 saturated carbocycles. The fourth-order valence-electron chi connectivity index (χ4n) is 4.31. The monoisotopic (exact) mass is 406 g/mol. The first-order valence-electron chi connectivity index (χ1n) is 9.59. The van der Waals surface area contributed by atoms with Gasteiger partial charge in [-0.1, -0.05) is 48.0 Å². The summed E-state index contributed by atoms with van der Waals surface area (Å²) >= 11 is 0. The van der Waals surface area contributed by atoms with Gasteiger partial charge in [-0.15, -0.1) is 0 Å². The number of aliphatic hydroxyl groups excluding tert-OH is 1. The quantitative estimate of drug-likeness (QED) is 0.478. The van der Waals surface area contributed by atoms with Crippen molar-refractivity contribution in [2.24, 2.45) is 0 Å². The molecule has 0 aliphatic carbocycles. The third-order valence-electron chi connectivity index (χ3n) is 5.78. The zero-order valence-corrected chi connectivity index (χ0v) is 17.0. The van der Waals surface area contributed by atoms with Crippen molar-refractivity contribution in [3.8, 4) is 0 Å². The second-order valence-corrected chi connectivity index (χ2v) is 7.46. The Balaban J connectivity index is 2.05. The van der Waals surface area contributed by atoms with Crippen molar-refractivity contribution in [1.29, 1.82) is 0 Å². The van der Waals surface area contributed by atoms with Gasteiger partial charge in [0.1, 0.15) is 5.76 Å². The number of ether oxygens (including phenoxy) is 1. The minimum atomic E-state index is -1.73. The number of rotatable bonds is 4. The van der Waals surface area contributed by atoms with E-state index < -0.39 is 23.1 Å². The van der Waals surface area contributed by atoms with Crippen LogP contribution in [-0.2, 0) is 24.7 Å². The van der Waals surface area contributed by atoms with Crippen LogP contribution in [0, 0.1) is 6.92 Å². The number of likely N-dealkylation sites (tertiary alicyclic amines) is 1. The summed E-state index contributed by atoms with van der Waals surface area (Å²) in [4.78, 5) is 42.5. The van der Waals surface area contributed by atoms with Crippen LogP contribution in [0.5, 0.6) is 0 Å². The van der Waals surface area contributed by atoms with Crippen molar-refractivity contribution >= 4 is 29.0 Å². The van der Waals surface area contributed by atoms with Crippen molar-refractivity contribution in [1.82, 2.24) is 4.90 Å². The van der Waals surface area contributed by atoms with Crippen LogP contribution >= 0.6 is 0 Å². The van der Waals surface area contributed by atoms with E-state index in [4.69, 9.17) is 4.74 Å². The van der Waals surface area contributed by atoms with E-state index >= 15 is 0 Å². The van der Waals surface area contributed by atoms with E-state index in [1.54, 1.807) is 55.6 Å². The third-order valence-corrected chi connectivity index (χ3v) is 5.78. The molecule has 0 aromatic heterocycles. The molecule has 0 bridgehead atoms. The predicted octanol–water partition coefficient (Wildman–Crippen LogP) is 2.19. The van der Waals surface area contributed by atoms with Gasteiger partial charge in [0.15, 0.2) is 5.54 Å². The first kappa shape index (κ1) is 19.8. The smallest absolute Gasteiger partial charge is 0.296 e. The summed E-state index contributed by atoms with van der Waals surface area (Å²) in [5, 5.41) is 11.2. The number of Topliss-reactive ketones (excluding diaryl/α,β-unsaturated/α-hetero) is 1. The Kier molecular flexibility index (Phi) is 4.70. The lowest BCUT2D eigenvalue weighted by molar-refractivity contribution is -0.144. The first-order valence-corrected chi connectivity index (χ1v) is 9.59. The van der Waals surface area contributed by atoms with E-state index in [0.717, 1.165) is 5.56 Å². The molecular formula is C23H22N2O5. The van der Waals surface area contributed by atoms with Crippen LogP contribution in [0.2, 0.25) is 0 Å². The second kappa shape index (κ2) is 7.11. The number of hydrogen-bond acceptors (Lipinski definition) is 5. The van der Waals surface area contributed by atoms with E-state index in [1.165, 1.54) is 16.9 Å². The minimum Gasteiger partial charge on any atom is -0.507 e. The predicted molar refractivity (Wildman–Crippen MR) is 111 cm³/mol. The SMILES string of the molecule is COCCN1C(=O)C(=O)/C(=C(\O)c2ccc(C)cc2)C12C(=O)N(C)c1ccccc12. The Labute approximate surface area is 174 Å². The Hall–Kier alpha value is -3.45. The number of aliphatic hydroxyl groups is 1. The van der Waals surface area contributed by atoms with E-state index in [1.807, 2.05) is 6.92 Å². The summed E-state index contributed by atoms with van der Waals surface area (Å²) in [7, 11) is 3.07. The van der Waals surface area contributed by atoms with Gasteiger partial charge in [-0.25, -0.2) is 0 Å². The Morgan fingerprint density at radius 3 is 2.40 bits per heavy atom. The van der Waals surface area contributed by atoms with E-state index in [2.05, 4.69) is 0 Å². The number of amides is 2. The molecule has 2 aromatic carbocycles. The lowest BCUT2D eigenvalue weighted by Gasteiger charge is -2.34. The highest BCUT2D eigenvalue weighted by Gasteiger charge is 2.66. The lowest BCUT2D eigenvalue weighted by Crippen LogP contribution is -2.52. The summed E-state index contributed by atoms with van der Waals surface area (Å²) in [5.41, 5.74) is 0.471. The molecule has 2 aromatic rings. The molecule has 1 unspecified atom stereocenters. The van der Waals surface area contributed by atoms with Gasteiger partial charge in [0.2, 0.25) is 0 Å². The molecule has 30 heavy (non-hydrogen) atoms. The number of ketones is 1. The fourth-order valence-corrected chi connectivity index (χ4v) is 4.31. The maximum atomic E-state index is 13.6. The number of benzene rings is 2. The summed E-state index contributed by atoms with van der Waals surface area (Å²) in [6.45, 7) is 2.07. The first-order chi connectivity index (χ1) is 14.4. The topological polar surface area (TPSA) is 87.1 Å². The third kappa shape index (κ3) is 2.52. The number of carbonyl (C=O) groups excluding carboxylic acids is 3. The Morgan fingerprint density at radius 2 is 1.73 bits per heavy atom. The number of anilines is 1. The van der Waals surface area contributed by atoms with Crippen LogP contribution in [-0.4, -0.2) is 54.9 Å². The number of likely N-dealkylation sites (N-methyl/N-ethyl adjacent to an activating group) is 1. The molecule has 0 radical (unpaired) electrons. The molecule has 1 fully saturated rings. The number of nitrogens with zero attached hydrogens (tertiary/aromatic N) is 2. The van der Waals surface area contributed by atoms with Gasteiger partial charge >= 0.3 is 0 Å². The van der Waals surface area contributed by atoms with Gasteiger partial charge in [-0.3, -0.25) is 14.4 Å². The van der Waals surface area contributed by atoms with Gasteiger partial charge in [-0.05, 0) is 13.0 Å². The van der Waals surface area contributed by atoms with Crippen LogP contribution in [0.3, 0.4) is 0 Å². The normalized spacial score (nSPS) is 22.3. The molecule has 1 saturated heterocycles. The molecule has 1 atom stereocenters. The van der Waals surface area contributed by atoms with Crippen LogP contribution in [0.4, 0.5) is 5.69 Å². The van der Waals surface area contributed by atoms with Gasteiger partial charge < -0.3 is 19.6 Å². The van der Waals surface area contributed by atoms with Crippen molar-refractivity contribution in [2.45, 2.75) is 12.5 Å². The molecule has 7 nitrogen and oxygen atoms in total. The molecule has 2 amide bonds. The van der Waals surface area contributed by atoms with Gasteiger partial charge in [0, 0.05) is 37.5 Å². The highest BCUT2D eigenvalue weighted by atomic mass is 16.5. The number of carbonyl (C=O) groups is 3. The number of hydrogen-bond donors (Lipinski definition) is 1. The highest BCUT2D eigenvalue weighted by Crippen LogP contribution is 2.53. The van der Waals surface area contributed by atoms with E-state index in [9.17, 15) is 19.5 Å². The maximum Gasteiger partial charge on any atom is 0.296 e. The zero-order valence-electron chi connectivity index (χ0n) is 17.0. The zero-order chi connectivity index (χ0) is 21.6. The number of fused-ring (bicyclic) bond motifs is 2. The van der Waals surface area contributed by atoms with Crippen LogP contribution in [0.1, 0.15) is 16.7 Å². The molecule has 154 valence electrons. The minimum absolute atomic E-state index is 0.0274. The Bertz CT molecular complexity index is 1090. The van der Waals surface area contributed by atoms with Gasteiger partial charge in [0.25, 0.3) is 17.6 Å². The van der Waals surface area contributed by atoms with E-state index in [-0.39, 0.29) is 24.5 Å². The maximum absolute atomic E-state index is 13.6. The van der Waals surface area contributed by atoms with Crippen molar-refractivity contribution in [3.05, 3.63) is 70.8 Å². The number of aryl methyl sites for hydroxylation is 1. The summed E-state index contributed by atoms with van der Waals surface area (Å²) < 4.78 is 5.13. The highest BCUT2D eigenvalue weighted by molar-refractivity contribution is 6.50. The molecular weight excluding hydrogens is 384 g/mol. The average molecular weight is 406 g/mol. The molecule has 4 rings (SSSR count). The van der Waals surface area contributed by atoms with Crippen LogP contribution in [0.25, 0.3) is 5.76 Å². The molecule has 7 heteroatoms. The van der Waals surface area contributed by atoms with Crippen molar-refractivity contribution in [2.75, 3.05) is 32.2 Å². The summed E-state index contributed by atoms with van der Waals surface area (Å²) in [6.07, 6.45) is 0. The molecule has 1 N–H and O–H groups in total. The van der Waals surface area contributed by atoms with Gasteiger partial charge in [-0.2, -0.15) is 0 Å². The number of para-hydroxylation sites is 1. The second-order valence-electron chi connectivity index (χ2n) is 7.46. The van der Waals surface area contributed by atoms with Crippen molar-refractivity contribution in [3.63, 3.8) is 0 Å². The molecule has 2 heterocycles. The molecule has 1 spiro atoms. The molecule has 2 aliphatic heterocycles. The van der Waals surface area contributed by atoms with Crippen LogP contribution in [0.15, 0.2) is 54.1 Å². The van der Waals surface area contributed by atoms with Gasteiger partial charge in [0.05, 0.1) is 12.2 Å². The molecule has 2 aliphatic rings. The lowest BCUT2D eigenvalue weighted by atomic mass is 9.82. The largest absolute Gasteiger partial charge is 0.507 e. The standard InChI is InChI=1S/C23H22N2O5/c1-14-8-10-15(11-9-14)19(26)18-20(27)21(28)25(12-13-30-3)23(18)16-6-4-5-7-17(16)24(2)22(23)29/h4-11,26H,12-13H2,1-3H3/b19-18+. The fraction of sp³-hybridized carbons (Fsp3) is 0.261. The summed E-state index contributed by atoms with van der Waals surface area (Å²) in [6, 6.07) is 13.9.